The molecule has 1 atom stereocenters. The average Bonchev–Trinajstić information content (AvgIpc) is 2.78. The lowest BCUT2D eigenvalue weighted by molar-refractivity contribution is 0.406. The molecule has 0 spiro atoms. The average molecular weight is 415 g/mol. The molecule has 2 aromatic rings. The first kappa shape index (κ1) is 14.3. The molecule has 18 heavy (non-hydrogen) atoms. The van der Waals surface area contributed by atoms with E-state index in [1.54, 1.807) is 17.4 Å². The Morgan fingerprint density at radius 3 is 2.61 bits per heavy atom. The van der Waals surface area contributed by atoms with Crippen LogP contribution >= 0.6 is 54.8 Å². The summed E-state index contributed by atoms with van der Waals surface area (Å²) in [6.45, 7) is 0. The number of rotatable bonds is 3. The van der Waals surface area contributed by atoms with Gasteiger partial charge < -0.3 is 4.74 Å². The van der Waals surface area contributed by atoms with Crippen LogP contribution in [-0.4, -0.2) is 7.11 Å². The maximum absolute atomic E-state index is 13.4. The van der Waals surface area contributed by atoms with Crippen LogP contribution in [0.4, 0.5) is 4.39 Å². The highest BCUT2D eigenvalue weighted by Crippen LogP contribution is 2.41. The first-order chi connectivity index (χ1) is 8.52. The van der Waals surface area contributed by atoms with Gasteiger partial charge >= 0.3 is 0 Å². The van der Waals surface area contributed by atoms with E-state index in [-0.39, 0.29) is 11.2 Å². The van der Waals surface area contributed by atoms with Crippen LogP contribution < -0.4 is 4.74 Å². The molecule has 1 unspecified atom stereocenters. The van der Waals surface area contributed by atoms with Crippen LogP contribution in [0.15, 0.2) is 32.5 Å². The standard InChI is InChI=1S/C12H8Br2ClFOS/c1-17-9-5-8(16)7(13)4-6(9)12(15)10-2-3-11(14)18-10/h2-5,12H,1H3. The fraction of sp³-hybridized carbons (Fsp3) is 0.167. The predicted molar refractivity (Wildman–Crippen MR) is 80.4 cm³/mol. The van der Waals surface area contributed by atoms with E-state index in [2.05, 4.69) is 31.9 Å². The van der Waals surface area contributed by atoms with E-state index in [1.807, 2.05) is 12.1 Å². The van der Waals surface area contributed by atoms with Crippen LogP contribution in [0.2, 0.25) is 0 Å². The molecule has 0 fully saturated rings. The lowest BCUT2D eigenvalue weighted by Gasteiger charge is -2.13. The molecule has 6 heteroatoms. The number of halogens is 4. The number of methoxy groups -OCH3 is 1. The van der Waals surface area contributed by atoms with Crippen molar-refractivity contribution in [2.24, 2.45) is 0 Å². The van der Waals surface area contributed by atoms with E-state index in [0.717, 1.165) is 14.2 Å². The van der Waals surface area contributed by atoms with Gasteiger partial charge in [0.2, 0.25) is 0 Å². The van der Waals surface area contributed by atoms with Gasteiger partial charge in [-0.3, -0.25) is 0 Å². The molecule has 2 rings (SSSR count). The Morgan fingerprint density at radius 1 is 1.33 bits per heavy atom. The maximum atomic E-state index is 13.4. The minimum absolute atomic E-state index is 0.367. The van der Waals surface area contributed by atoms with Crippen LogP contribution in [0, 0.1) is 5.82 Å². The van der Waals surface area contributed by atoms with Gasteiger partial charge in [-0.25, -0.2) is 4.39 Å². The fourth-order valence-electron chi connectivity index (χ4n) is 1.54. The predicted octanol–water partition coefficient (Wildman–Crippen LogP) is 5.75. The molecule has 0 bridgehead atoms. The van der Waals surface area contributed by atoms with Crippen LogP contribution in [0.25, 0.3) is 0 Å². The largest absolute Gasteiger partial charge is 0.496 e. The SMILES string of the molecule is COc1cc(F)c(Br)cc1C(Cl)c1ccc(Br)s1. The van der Waals surface area contributed by atoms with E-state index in [9.17, 15) is 4.39 Å². The van der Waals surface area contributed by atoms with Crippen molar-refractivity contribution in [2.75, 3.05) is 7.11 Å². The van der Waals surface area contributed by atoms with Crippen molar-refractivity contribution in [3.05, 3.63) is 48.8 Å². The topological polar surface area (TPSA) is 9.23 Å². The van der Waals surface area contributed by atoms with Crippen LogP contribution in [0.1, 0.15) is 15.8 Å². The highest BCUT2D eigenvalue weighted by atomic mass is 79.9. The lowest BCUT2D eigenvalue weighted by Crippen LogP contribution is -1.97. The van der Waals surface area contributed by atoms with Crippen LogP contribution in [-0.2, 0) is 0 Å². The Bertz CT molecular complexity index is 573. The molecule has 0 amide bonds. The minimum Gasteiger partial charge on any atom is -0.496 e. The van der Waals surface area contributed by atoms with E-state index < -0.39 is 0 Å². The van der Waals surface area contributed by atoms with Crippen molar-refractivity contribution < 1.29 is 9.13 Å². The maximum Gasteiger partial charge on any atom is 0.141 e. The van der Waals surface area contributed by atoms with Gasteiger partial charge in [-0.15, -0.1) is 22.9 Å². The van der Waals surface area contributed by atoms with Gasteiger partial charge in [0.15, 0.2) is 0 Å². The van der Waals surface area contributed by atoms with Crippen molar-refractivity contribution in [3.63, 3.8) is 0 Å². The summed E-state index contributed by atoms with van der Waals surface area (Å²) in [6.07, 6.45) is 0. The summed E-state index contributed by atoms with van der Waals surface area (Å²) in [6, 6.07) is 6.85. The minimum atomic E-state index is -0.369. The second-order valence-electron chi connectivity index (χ2n) is 3.51. The molecule has 0 aliphatic heterocycles. The molecule has 1 aromatic carbocycles. The number of benzene rings is 1. The fourth-order valence-corrected chi connectivity index (χ4v) is 3.70. The number of alkyl halides is 1. The van der Waals surface area contributed by atoms with Gasteiger partial charge in [0.25, 0.3) is 0 Å². The third-order valence-electron chi connectivity index (χ3n) is 2.39. The monoisotopic (exact) mass is 412 g/mol. The molecule has 0 N–H and O–H groups in total. The molecular weight excluding hydrogens is 406 g/mol. The molecule has 0 aliphatic carbocycles. The molecule has 0 saturated heterocycles. The highest BCUT2D eigenvalue weighted by Gasteiger charge is 2.19. The summed E-state index contributed by atoms with van der Waals surface area (Å²) in [5, 5.41) is -0.367. The summed E-state index contributed by atoms with van der Waals surface area (Å²) in [5.41, 5.74) is 0.738. The van der Waals surface area contributed by atoms with Crippen molar-refractivity contribution in [1.29, 1.82) is 0 Å². The summed E-state index contributed by atoms with van der Waals surface area (Å²) in [5.74, 6) is 0.0760. The Morgan fingerprint density at radius 2 is 2.06 bits per heavy atom. The second kappa shape index (κ2) is 5.90. The molecule has 96 valence electrons. The first-order valence-corrected chi connectivity index (χ1v) is 7.79. The number of hydrogen-bond donors (Lipinski definition) is 0. The van der Waals surface area contributed by atoms with Crippen molar-refractivity contribution in [1.82, 2.24) is 0 Å². The zero-order chi connectivity index (χ0) is 13.3. The Hall–Kier alpha value is -0.100. The van der Waals surface area contributed by atoms with Crippen LogP contribution in [0.5, 0.6) is 5.75 Å². The van der Waals surface area contributed by atoms with Gasteiger partial charge in [-0.05, 0) is 50.1 Å². The van der Waals surface area contributed by atoms with Gasteiger partial charge in [0.05, 0.1) is 20.7 Å². The van der Waals surface area contributed by atoms with Gasteiger partial charge in [0.1, 0.15) is 11.6 Å². The Kier molecular flexibility index (Phi) is 4.69. The van der Waals surface area contributed by atoms with Gasteiger partial charge in [0, 0.05) is 16.5 Å². The third kappa shape index (κ3) is 2.90. The van der Waals surface area contributed by atoms with Crippen molar-refractivity contribution in [2.45, 2.75) is 5.38 Å². The van der Waals surface area contributed by atoms with E-state index in [4.69, 9.17) is 16.3 Å². The van der Waals surface area contributed by atoms with Gasteiger partial charge in [-0.2, -0.15) is 0 Å². The summed E-state index contributed by atoms with van der Waals surface area (Å²) in [7, 11) is 1.50. The highest BCUT2D eigenvalue weighted by molar-refractivity contribution is 9.11. The molecule has 0 saturated carbocycles. The second-order valence-corrected chi connectivity index (χ2v) is 7.30. The molecule has 0 radical (unpaired) electrons. The Labute approximate surface area is 130 Å². The molecule has 0 aliphatic rings. The zero-order valence-electron chi connectivity index (χ0n) is 9.22. The molecular formula is C12H8Br2ClFOS. The summed E-state index contributed by atoms with van der Waals surface area (Å²) >= 11 is 14.5. The zero-order valence-corrected chi connectivity index (χ0v) is 14.0. The van der Waals surface area contributed by atoms with Crippen LogP contribution in [0.3, 0.4) is 0 Å². The van der Waals surface area contributed by atoms with Crippen molar-refractivity contribution in [3.8, 4) is 5.75 Å². The number of ether oxygens (including phenoxy) is 1. The van der Waals surface area contributed by atoms with Crippen molar-refractivity contribution >= 4 is 54.8 Å². The smallest absolute Gasteiger partial charge is 0.141 e. The molecule has 1 heterocycles. The normalized spacial score (nSPS) is 12.5. The van der Waals surface area contributed by atoms with E-state index >= 15 is 0 Å². The quantitative estimate of drug-likeness (QED) is 0.581. The van der Waals surface area contributed by atoms with E-state index in [0.29, 0.717) is 10.2 Å². The summed E-state index contributed by atoms with van der Waals surface area (Å²) < 4.78 is 20.0. The van der Waals surface area contributed by atoms with E-state index in [1.165, 1.54) is 13.2 Å². The Balaban J connectivity index is 2.46. The molecule has 1 aromatic heterocycles. The first-order valence-electron chi connectivity index (χ1n) is 4.95. The molecule has 1 nitrogen and oxygen atoms in total. The summed E-state index contributed by atoms with van der Waals surface area (Å²) in [4.78, 5) is 0.973. The third-order valence-corrected chi connectivity index (χ3v) is 5.29. The lowest BCUT2D eigenvalue weighted by atomic mass is 10.1. The van der Waals surface area contributed by atoms with Gasteiger partial charge in [-0.1, -0.05) is 0 Å². The number of hydrogen-bond acceptors (Lipinski definition) is 2. The number of thiophene rings is 1.